The number of ether oxygens (including phenoxy) is 2. The van der Waals surface area contributed by atoms with Crippen LogP contribution in [0.1, 0.15) is 19.3 Å². The minimum atomic E-state index is -0.719. The molecule has 1 N–H and O–H groups in total. The fourth-order valence-electron chi connectivity index (χ4n) is 2.96. The number of carbonyl (C=O) groups is 2. The molecule has 0 saturated carbocycles. The molecule has 0 aliphatic carbocycles. The van der Waals surface area contributed by atoms with E-state index < -0.39 is 18.3 Å². The summed E-state index contributed by atoms with van der Waals surface area (Å²) in [5, 5.41) is 12.6. The first-order chi connectivity index (χ1) is 10.1. The number of methoxy groups -OCH3 is 2. The number of aliphatic hydroxyl groups is 1. The second-order valence-corrected chi connectivity index (χ2v) is 5.34. The Morgan fingerprint density at radius 2 is 1.48 bits per heavy atom. The molecule has 2 amide bonds. The Morgan fingerprint density at radius 3 is 2.00 bits per heavy atom. The Morgan fingerprint density at radius 1 is 0.952 bits per heavy atom. The molecule has 0 radical (unpaired) electrons. The molecule has 2 aliphatic heterocycles. The monoisotopic (exact) mass is 301 g/mol. The van der Waals surface area contributed by atoms with Crippen molar-refractivity contribution >= 4 is 12.2 Å². The van der Waals surface area contributed by atoms with Gasteiger partial charge in [0, 0.05) is 0 Å². The van der Waals surface area contributed by atoms with Crippen LogP contribution < -0.4 is 0 Å². The highest BCUT2D eigenvalue weighted by molar-refractivity contribution is 5.74. The first kappa shape index (κ1) is 15.8. The Bertz CT molecular complexity index is 386. The van der Waals surface area contributed by atoms with Gasteiger partial charge >= 0.3 is 12.2 Å². The molecular formula is C13H23N3O5. The number of piperidine rings is 1. The molecule has 0 aromatic heterocycles. The molecule has 21 heavy (non-hydrogen) atoms. The van der Waals surface area contributed by atoms with Crippen LogP contribution in [0.4, 0.5) is 9.59 Å². The standard InChI is InChI=1S/C13H23N3O5/c1-20-12(18)15-8-10(14-6-4-3-5-7-14)11(17)9-16(15)13(19)21-2/h10-11,17H,3-9H2,1-2H3. The molecule has 2 saturated heterocycles. The van der Waals surface area contributed by atoms with Crippen LogP contribution in [0.2, 0.25) is 0 Å². The number of carbonyl (C=O) groups excluding carboxylic acids is 2. The Hall–Kier alpha value is -1.54. The van der Waals surface area contributed by atoms with E-state index in [9.17, 15) is 14.7 Å². The van der Waals surface area contributed by atoms with Gasteiger partial charge in [-0.25, -0.2) is 19.6 Å². The van der Waals surface area contributed by atoms with Crippen molar-refractivity contribution in [2.24, 2.45) is 0 Å². The topological polar surface area (TPSA) is 82.5 Å². The number of amides is 2. The van der Waals surface area contributed by atoms with Gasteiger partial charge in [0.15, 0.2) is 0 Å². The lowest BCUT2D eigenvalue weighted by Crippen LogP contribution is -2.66. The number of likely N-dealkylation sites (tertiary alicyclic amines) is 1. The smallest absolute Gasteiger partial charge is 0.428 e. The minimum Gasteiger partial charge on any atom is -0.452 e. The van der Waals surface area contributed by atoms with Gasteiger partial charge < -0.3 is 14.6 Å². The number of nitrogens with zero attached hydrogens (tertiary/aromatic N) is 3. The van der Waals surface area contributed by atoms with Crippen molar-refractivity contribution in [1.29, 1.82) is 0 Å². The lowest BCUT2D eigenvalue weighted by Gasteiger charge is -2.46. The van der Waals surface area contributed by atoms with E-state index in [4.69, 9.17) is 4.74 Å². The summed E-state index contributed by atoms with van der Waals surface area (Å²) in [5.41, 5.74) is 0. The second-order valence-electron chi connectivity index (χ2n) is 5.34. The van der Waals surface area contributed by atoms with E-state index in [0.29, 0.717) is 0 Å². The zero-order valence-electron chi connectivity index (χ0n) is 12.5. The number of aliphatic hydroxyl groups excluding tert-OH is 1. The number of hydrogen-bond acceptors (Lipinski definition) is 6. The van der Waals surface area contributed by atoms with Crippen molar-refractivity contribution in [3.05, 3.63) is 0 Å². The SMILES string of the molecule is COC(=O)N1CC(O)C(N2CCCCC2)CN1C(=O)OC. The van der Waals surface area contributed by atoms with Gasteiger partial charge in [0.05, 0.1) is 39.5 Å². The Balaban J connectivity index is 2.13. The molecule has 0 aromatic carbocycles. The van der Waals surface area contributed by atoms with E-state index >= 15 is 0 Å². The summed E-state index contributed by atoms with van der Waals surface area (Å²) in [6.45, 7) is 2.02. The van der Waals surface area contributed by atoms with Crippen LogP contribution in [0.5, 0.6) is 0 Å². The van der Waals surface area contributed by atoms with Crippen molar-refractivity contribution in [2.75, 3.05) is 40.4 Å². The van der Waals surface area contributed by atoms with Gasteiger partial charge in [-0.15, -0.1) is 0 Å². The van der Waals surface area contributed by atoms with E-state index in [1.165, 1.54) is 25.6 Å². The average molecular weight is 301 g/mol. The first-order valence-corrected chi connectivity index (χ1v) is 7.21. The van der Waals surface area contributed by atoms with E-state index in [-0.39, 0.29) is 19.1 Å². The van der Waals surface area contributed by atoms with Gasteiger partial charge in [0.25, 0.3) is 0 Å². The van der Waals surface area contributed by atoms with Crippen molar-refractivity contribution in [1.82, 2.24) is 14.9 Å². The van der Waals surface area contributed by atoms with Crippen LogP contribution >= 0.6 is 0 Å². The fraction of sp³-hybridized carbons (Fsp3) is 0.846. The highest BCUT2D eigenvalue weighted by Gasteiger charge is 2.42. The summed E-state index contributed by atoms with van der Waals surface area (Å²) in [4.78, 5) is 25.8. The lowest BCUT2D eigenvalue weighted by molar-refractivity contribution is -0.105. The third-order valence-corrected chi connectivity index (χ3v) is 4.09. The number of rotatable bonds is 1. The molecular weight excluding hydrogens is 278 g/mol. The zero-order valence-corrected chi connectivity index (χ0v) is 12.5. The van der Waals surface area contributed by atoms with Crippen LogP contribution in [0.3, 0.4) is 0 Å². The Kier molecular flexibility index (Phi) is 5.24. The molecule has 2 rings (SSSR count). The maximum Gasteiger partial charge on any atom is 0.428 e. The number of β-amino-alcohol motifs (C(OH)–C–C–N with tert-alkyl or cyclic N) is 1. The molecule has 2 unspecified atom stereocenters. The number of hydrogen-bond donors (Lipinski definition) is 1. The van der Waals surface area contributed by atoms with Gasteiger partial charge in [0.2, 0.25) is 0 Å². The van der Waals surface area contributed by atoms with Gasteiger partial charge in [-0.3, -0.25) is 4.90 Å². The van der Waals surface area contributed by atoms with E-state index in [2.05, 4.69) is 9.64 Å². The summed E-state index contributed by atoms with van der Waals surface area (Å²) in [6.07, 6.45) is 1.33. The number of hydrazine groups is 1. The molecule has 8 heteroatoms. The quantitative estimate of drug-likeness (QED) is 0.748. The second kappa shape index (κ2) is 6.95. The normalized spacial score (nSPS) is 27.4. The van der Waals surface area contributed by atoms with Crippen molar-refractivity contribution < 1.29 is 24.2 Å². The molecule has 0 bridgehead atoms. The van der Waals surface area contributed by atoms with E-state index in [0.717, 1.165) is 30.9 Å². The van der Waals surface area contributed by atoms with Crippen molar-refractivity contribution in [3.63, 3.8) is 0 Å². The summed E-state index contributed by atoms with van der Waals surface area (Å²) in [7, 11) is 2.50. The van der Waals surface area contributed by atoms with Crippen molar-refractivity contribution in [2.45, 2.75) is 31.4 Å². The fourth-order valence-corrected chi connectivity index (χ4v) is 2.96. The van der Waals surface area contributed by atoms with Gasteiger partial charge in [0.1, 0.15) is 0 Å². The zero-order chi connectivity index (χ0) is 15.4. The highest BCUT2D eigenvalue weighted by atomic mass is 16.6. The summed E-state index contributed by atoms with van der Waals surface area (Å²) in [5.74, 6) is 0. The minimum absolute atomic E-state index is 0.0168. The molecule has 120 valence electrons. The summed E-state index contributed by atoms with van der Waals surface area (Å²) in [6, 6.07) is -0.190. The maximum absolute atomic E-state index is 11.9. The molecule has 8 nitrogen and oxygen atoms in total. The van der Waals surface area contributed by atoms with Gasteiger partial charge in [-0.2, -0.15) is 0 Å². The molecule has 2 aliphatic rings. The third kappa shape index (κ3) is 3.38. The van der Waals surface area contributed by atoms with Crippen LogP contribution in [0.25, 0.3) is 0 Å². The van der Waals surface area contributed by atoms with Crippen molar-refractivity contribution in [3.8, 4) is 0 Å². The van der Waals surface area contributed by atoms with Crippen LogP contribution in [0, 0.1) is 0 Å². The highest BCUT2D eigenvalue weighted by Crippen LogP contribution is 2.22. The van der Waals surface area contributed by atoms with Crippen LogP contribution in [-0.4, -0.2) is 84.8 Å². The average Bonchev–Trinajstić information content (AvgIpc) is 2.53. The van der Waals surface area contributed by atoms with E-state index in [1.54, 1.807) is 0 Å². The largest absolute Gasteiger partial charge is 0.452 e. The lowest BCUT2D eigenvalue weighted by atomic mass is 10.0. The molecule has 0 spiro atoms. The molecule has 2 fully saturated rings. The predicted octanol–water partition coefficient (Wildman–Crippen LogP) is 0.267. The first-order valence-electron chi connectivity index (χ1n) is 7.21. The third-order valence-electron chi connectivity index (χ3n) is 4.09. The predicted molar refractivity (Wildman–Crippen MR) is 73.4 cm³/mol. The van der Waals surface area contributed by atoms with Crippen LogP contribution in [-0.2, 0) is 9.47 Å². The summed E-state index contributed by atoms with van der Waals surface area (Å²) >= 11 is 0. The Labute approximate surface area is 124 Å². The summed E-state index contributed by atoms with van der Waals surface area (Å²) < 4.78 is 9.38. The van der Waals surface area contributed by atoms with E-state index in [1.807, 2.05) is 0 Å². The maximum atomic E-state index is 11.9. The van der Waals surface area contributed by atoms with Gasteiger partial charge in [-0.05, 0) is 25.9 Å². The van der Waals surface area contributed by atoms with Gasteiger partial charge in [-0.1, -0.05) is 6.42 Å². The molecule has 0 aromatic rings. The molecule has 2 atom stereocenters. The van der Waals surface area contributed by atoms with Crippen LogP contribution in [0.15, 0.2) is 0 Å². The molecule has 2 heterocycles.